The highest BCUT2D eigenvalue weighted by atomic mass is 32.2. The molecule has 3 aromatic rings. The van der Waals surface area contributed by atoms with Gasteiger partial charge in [-0.05, 0) is 53.9 Å². The zero-order valence-electron chi connectivity index (χ0n) is 16.5. The highest BCUT2D eigenvalue weighted by molar-refractivity contribution is 7.89. The van der Waals surface area contributed by atoms with Crippen LogP contribution in [0.15, 0.2) is 65.7 Å². The van der Waals surface area contributed by atoms with Gasteiger partial charge in [-0.1, -0.05) is 18.2 Å². The summed E-state index contributed by atoms with van der Waals surface area (Å²) in [6, 6.07) is 14.8. The van der Waals surface area contributed by atoms with Crippen molar-refractivity contribution in [3.63, 3.8) is 0 Å². The number of hydrogen-bond donors (Lipinski definition) is 2. The summed E-state index contributed by atoms with van der Waals surface area (Å²) in [6.07, 6.45) is 2.27. The van der Waals surface area contributed by atoms with Crippen molar-refractivity contribution in [3.05, 3.63) is 83.4 Å². The number of sulfonamides is 1. The molecule has 0 saturated carbocycles. The number of aryl methyl sites for hydroxylation is 1. The summed E-state index contributed by atoms with van der Waals surface area (Å²) in [4.78, 5) is 15.2. The van der Waals surface area contributed by atoms with Gasteiger partial charge in [-0.15, -0.1) is 0 Å². The van der Waals surface area contributed by atoms with Crippen LogP contribution in [0.3, 0.4) is 0 Å². The van der Waals surface area contributed by atoms with Crippen LogP contribution in [-0.2, 0) is 34.4 Å². The average Bonchev–Trinajstić information content (AvgIpc) is 2.77. The molecule has 31 heavy (non-hydrogen) atoms. The van der Waals surface area contributed by atoms with E-state index in [9.17, 15) is 17.6 Å². The van der Waals surface area contributed by atoms with Crippen LogP contribution >= 0.6 is 0 Å². The van der Waals surface area contributed by atoms with Gasteiger partial charge in [-0.25, -0.2) is 17.5 Å². The topological polar surface area (TPSA) is 97.4 Å². The number of aromatic nitrogens is 1. The summed E-state index contributed by atoms with van der Waals surface area (Å²) in [5.74, 6) is -0.565. The number of carbonyl (C=O) groups is 1. The first-order chi connectivity index (χ1) is 14.9. The Balaban J connectivity index is 1.44. The minimum atomic E-state index is -4.09. The van der Waals surface area contributed by atoms with E-state index in [0.29, 0.717) is 29.0 Å². The summed E-state index contributed by atoms with van der Waals surface area (Å²) in [6.45, 7) is 0.253. The van der Waals surface area contributed by atoms with Gasteiger partial charge in [0, 0.05) is 24.8 Å². The molecule has 7 nitrogen and oxygen atoms in total. The van der Waals surface area contributed by atoms with Crippen LogP contribution < -0.4 is 14.8 Å². The van der Waals surface area contributed by atoms with Gasteiger partial charge in [0.2, 0.25) is 15.9 Å². The number of anilines is 1. The summed E-state index contributed by atoms with van der Waals surface area (Å²) in [5.41, 5.74) is 2.33. The number of rotatable bonds is 7. The minimum Gasteiger partial charge on any atom is -0.487 e. The van der Waals surface area contributed by atoms with E-state index in [1.54, 1.807) is 30.5 Å². The quantitative estimate of drug-likeness (QED) is 0.587. The minimum absolute atomic E-state index is 0.0314. The van der Waals surface area contributed by atoms with Gasteiger partial charge in [-0.2, -0.15) is 0 Å². The third-order valence-corrected chi connectivity index (χ3v) is 6.24. The third kappa shape index (κ3) is 5.07. The van der Waals surface area contributed by atoms with E-state index in [-0.39, 0.29) is 25.5 Å². The van der Waals surface area contributed by atoms with Gasteiger partial charge in [-0.3, -0.25) is 9.78 Å². The number of nitrogens with zero attached hydrogens (tertiary/aromatic N) is 1. The standard InChI is InChI=1S/C22H20FN3O4S/c23-19-12-20-16(7-8-22(27)26-20)11-21(19)31(28,29)25-13-15-4-3-6-18(10-15)30-14-17-5-1-2-9-24-17/h1-6,9-12,25H,7-8,13-14H2,(H,26,27). The van der Waals surface area contributed by atoms with Crippen molar-refractivity contribution < 1.29 is 22.3 Å². The smallest absolute Gasteiger partial charge is 0.243 e. The third-order valence-electron chi connectivity index (χ3n) is 4.82. The molecule has 0 atom stereocenters. The highest BCUT2D eigenvalue weighted by Gasteiger charge is 2.24. The van der Waals surface area contributed by atoms with Crippen molar-refractivity contribution in [2.24, 2.45) is 0 Å². The monoisotopic (exact) mass is 441 g/mol. The summed E-state index contributed by atoms with van der Waals surface area (Å²) in [5, 5.41) is 2.55. The van der Waals surface area contributed by atoms with Crippen LogP contribution in [0.25, 0.3) is 0 Å². The predicted molar refractivity (Wildman–Crippen MR) is 112 cm³/mol. The molecule has 2 aromatic carbocycles. The molecular formula is C22H20FN3O4S. The fraction of sp³-hybridized carbons (Fsp3) is 0.182. The number of hydrogen-bond acceptors (Lipinski definition) is 5. The molecule has 0 spiro atoms. The van der Waals surface area contributed by atoms with Crippen LogP contribution in [0.1, 0.15) is 23.2 Å². The molecule has 0 fully saturated rings. The molecule has 160 valence electrons. The lowest BCUT2D eigenvalue weighted by Gasteiger charge is -2.18. The largest absolute Gasteiger partial charge is 0.487 e. The van der Waals surface area contributed by atoms with Crippen LogP contribution in [0.2, 0.25) is 0 Å². The van der Waals surface area contributed by atoms with Crippen molar-refractivity contribution in [3.8, 4) is 5.75 Å². The molecule has 1 aliphatic heterocycles. The fourth-order valence-electron chi connectivity index (χ4n) is 3.23. The SMILES string of the molecule is O=C1CCc2cc(S(=O)(=O)NCc3cccc(OCc4ccccn4)c3)c(F)cc2N1. The molecule has 0 aliphatic carbocycles. The van der Waals surface area contributed by atoms with E-state index in [2.05, 4.69) is 15.0 Å². The maximum absolute atomic E-state index is 14.5. The molecule has 0 bridgehead atoms. The zero-order valence-corrected chi connectivity index (χ0v) is 17.3. The number of fused-ring (bicyclic) bond motifs is 1. The van der Waals surface area contributed by atoms with E-state index in [0.717, 1.165) is 11.8 Å². The van der Waals surface area contributed by atoms with Crippen molar-refractivity contribution >= 4 is 21.6 Å². The van der Waals surface area contributed by atoms with E-state index in [4.69, 9.17) is 4.74 Å². The van der Waals surface area contributed by atoms with E-state index in [1.165, 1.54) is 6.07 Å². The second kappa shape index (κ2) is 8.83. The Morgan fingerprint density at radius 2 is 1.97 bits per heavy atom. The predicted octanol–water partition coefficient (Wildman–Crippen LogP) is 3.16. The molecule has 0 radical (unpaired) electrons. The average molecular weight is 441 g/mol. The molecular weight excluding hydrogens is 421 g/mol. The summed E-state index contributed by atoms with van der Waals surface area (Å²) >= 11 is 0. The summed E-state index contributed by atoms with van der Waals surface area (Å²) < 4.78 is 48.0. The van der Waals surface area contributed by atoms with Crippen LogP contribution in [0.4, 0.5) is 10.1 Å². The molecule has 1 aliphatic rings. The molecule has 2 heterocycles. The van der Waals surface area contributed by atoms with Gasteiger partial charge >= 0.3 is 0 Å². The first kappa shape index (κ1) is 21.0. The van der Waals surface area contributed by atoms with Crippen molar-refractivity contribution in [2.45, 2.75) is 30.9 Å². The van der Waals surface area contributed by atoms with E-state index >= 15 is 0 Å². The van der Waals surface area contributed by atoms with Gasteiger partial charge in [0.15, 0.2) is 0 Å². The Kier molecular flexibility index (Phi) is 5.97. The normalized spacial score (nSPS) is 13.4. The first-order valence-corrected chi connectivity index (χ1v) is 11.1. The number of benzene rings is 2. The maximum atomic E-state index is 14.5. The number of pyridine rings is 1. The Labute approximate surface area is 179 Å². The Bertz CT molecular complexity index is 1220. The van der Waals surface area contributed by atoms with Crippen LogP contribution in [0.5, 0.6) is 5.75 Å². The molecule has 4 rings (SSSR count). The second-order valence-corrected chi connectivity index (χ2v) is 8.81. The van der Waals surface area contributed by atoms with E-state index in [1.807, 2.05) is 18.2 Å². The van der Waals surface area contributed by atoms with Crippen LogP contribution in [0, 0.1) is 5.82 Å². The Morgan fingerprint density at radius 3 is 2.77 bits per heavy atom. The number of amides is 1. The number of nitrogens with one attached hydrogen (secondary N) is 2. The molecule has 1 aromatic heterocycles. The molecule has 2 N–H and O–H groups in total. The van der Waals surface area contributed by atoms with Crippen molar-refractivity contribution in [2.75, 3.05) is 5.32 Å². The maximum Gasteiger partial charge on any atom is 0.243 e. The highest BCUT2D eigenvalue weighted by Crippen LogP contribution is 2.28. The van der Waals surface area contributed by atoms with Gasteiger partial charge in [0.1, 0.15) is 23.1 Å². The lowest BCUT2D eigenvalue weighted by molar-refractivity contribution is -0.116. The fourth-order valence-corrected chi connectivity index (χ4v) is 4.35. The first-order valence-electron chi connectivity index (χ1n) is 9.64. The Morgan fingerprint density at radius 1 is 1.10 bits per heavy atom. The second-order valence-electron chi connectivity index (χ2n) is 7.07. The molecule has 0 unspecified atom stereocenters. The van der Waals surface area contributed by atoms with Crippen LogP contribution in [-0.4, -0.2) is 19.3 Å². The Hall–Kier alpha value is -3.30. The number of carbonyl (C=O) groups excluding carboxylic acids is 1. The van der Waals surface area contributed by atoms with E-state index < -0.39 is 20.7 Å². The lowest BCUT2D eigenvalue weighted by Crippen LogP contribution is -2.25. The molecule has 1 amide bonds. The van der Waals surface area contributed by atoms with Crippen molar-refractivity contribution in [1.82, 2.24) is 9.71 Å². The zero-order chi connectivity index (χ0) is 21.8. The number of halogens is 1. The van der Waals surface area contributed by atoms with Crippen molar-refractivity contribution in [1.29, 1.82) is 0 Å². The number of ether oxygens (including phenoxy) is 1. The van der Waals surface area contributed by atoms with Gasteiger partial charge < -0.3 is 10.1 Å². The molecule has 0 saturated heterocycles. The molecule has 9 heteroatoms. The van der Waals surface area contributed by atoms with Gasteiger partial charge in [0.05, 0.1) is 5.69 Å². The summed E-state index contributed by atoms with van der Waals surface area (Å²) in [7, 11) is -4.09. The van der Waals surface area contributed by atoms with Gasteiger partial charge in [0.25, 0.3) is 0 Å². The lowest BCUT2D eigenvalue weighted by atomic mass is 10.0.